The van der Waals surface area contributed by atoms with E-state index in [0.29, 0.717) is 12.1 Å². The second-order valence-electron chi connectivity index (χ2n) is 5.51. The van der Waals surface area contributed by atoms with E-state index in [9.17, 15) is 31.1 Å². The number of rotatable bonds is 5. The van der Waals surface area contributed by atoms with Crippen LogP contribution < -0.4 is 4.89 Å². The van der Waals surface area contributed by atoms with Gasteiger partial charge >= 0.3 is 18.3 Å². The Kier molecular flexibility index (Phi) is 6.53. The molecule has 0 aliphatic rings. The van der Waals surface area contributed by atoms with E-state index < -0.39 is 29.4 Å². The summed E-state index contributed by atoms with van der Waals surface area (Å²) in [5, 5.41) is 0. The second-order valence-corrected chi connectivity index (χ2v) is 6.36. The van der Waals surface area contributed by atoms with Gasteiger partial charge in [0, 0.05) is 16.9 Å². The van der Waals surface area contributed by atoms with Crippen LogP contribution in [0.1, 0.15) is 24.5 Å². The Morgan fingerprint density at radius 1 is 1.00 bits per heavy atom. The van der Waals surface area contributed by atoms with Gasteiger partial charge in [0.25, 0.3) is 0 Å². The molecule has 0 amide bonds. The molecule has 0 heterocycles. The van der Waals surface area contributed by atoms with Crippen LogP contribution >= 0.6 is 11.8 Å². The minimum Gasteiger partial charge on any atom is -0.286 e. The monoisotopic (exact) mass is 424 g/mol. The molecular weight excluding hydrogens is 410 g/mol. The Morgan fingerprint density at radius 3 is 2.21 bits per heavy atom. The maximum Gasteiger partial charge on any atom is 0.417 e. The smallest absolute Gasteiger partial charge is 0.286 e. The third-order valence-electron chi connectivity index (χ3n) is 3.64. The van der Waals surface area contributed by atoms with Crippen LogP contribution in [-0.2, 0) is 22.0 Å². The summed E-state index contributed by atoms with van der Waals surface area (Å²) in [4.78, 5) is 20.4. The molecule has 0 fully saturated rings. The molecule has 0 spiro atoms. The van der Waals surface area contributed by atoms with Gasteiger partial charge in [-0.2, -0.15) is 26.3 Å². The highest BCUT2D eigenvalue weighted by molar-refractivity contribution is 7.98. The fraction of sp³-hybridized carbons (Fsp3) is 0.278. The van der Waals surface area contributed by atoms with E-state index >= 15 is 0 Å². The Hall–Kier alpha value is -2.36. The molecular formula is C18H14F6O3S. The topological polar surface area (TPSA) is 35.5 Å². The van der Waals surface area contributed by atoms with Gasteiger partial charge in [-0.05, 0) is 42.2 Å². The van der Waals surface area contributed by atoms with Crippen LogP contribution in [0, 0.1) is 0 Å². The van der Waals surface area contributed by atoms with E-state index in [4.69, 9.17) is 4.89 Å². The molecule has 0 saturated carbocycles. The first-order valence-corrected chi connectivity index (χ1v) is 9.04. The normalized spacial score (nSPS) is 12.0. The lowest BCUT2D eigenvalue weighted by Gasteiger charge is -2.16. The van der Waals surface area contributed by atoms with Crippen molar-refractivity contribution in [2.75, 3.05) is 6.26 Å². The van der Waals surface area contributed by atoms with Crippen molar-refractivity contribution in [3.8, 4) is 16.9 Å². The largest absolute Gasteiger partial charge is 0.417 e. The van der Waals surface area contributed by atoms with Gasteiger partial charge in [0.05, 0.1) is 11.1 Å². The number of hydrogen-bond donors (Lipinski definition) is 0. The van der Waals surface area contributed by atoms with Gasteiger partial charge in [0.2, 0.25) is 0 Å². The predicted molar refractivity (Wildman–Crippen MR) is 90.7 cm³/mol. The predicted octanol–water partition coefficient (Wildman–Crippen LogP) is 6.36. The first-order valence-electron chi connectivity index (χ1n) is 7.81. The molecule has 152 valence electrons. The molecule has 2 aromatic rings. The van der Waals surface area contributed by atoms with E-state index in [-0.39, 0.29) is 28.2 Å². The van der Waals surface area contributed by atoms with Crippen molar-refractivity contribution in [3.05, 3.63) is 47.5 Å². The van der Waals surface area contributed by atoms with E-state index in [0.717, 1.165) is 30.0 Å². The summed E-state index contributed by atoms with van der Waals surface area (Å²) in [6.45, 7) is 1.47. The minimum absolute atomic E-state index is 0.0589. The highest BCUT2D eigenvalue weighted by Crippen LogP contribution is 2.42. The number of benzene rings is 2. The fourth-order valence-electron chi connectivity index (χ4n) is 2.25. The van der Waals surface area contributed by atoms with Gasteiger partial charge in [0.15, 0.2) is 5.75 Å². The fourth-order valence-corrected chi connectivity index (χ4v) is 2.85. The number of alkyl halides is 6. The van der Waals surface area contributed by atoms with Crippen molar-refractivity contribution in [1.29, 1.82) is 0 Å². The van der Waals surface area contributed by atoms with E-state index in [1.807, 2.05) is 0 Å². The Balaban J connectivity index is 2.62. The molecule has 0 aromatic heterocycles. The molecule has 0 aliphatic heterocycles. The van der Waals surface area contributed by atoms with Crippen LogP contribution in [0.4, 0.5) is 26.3 Å². The lowest BCUT2D eigenvalue weighted by molar-refractivity contribution is -0.213. The lowest BCUT2D eigenvalue weighted by atomic mass is 9.99. The van der Waals surface area contributed by atoms with Crippen molar-refractivity contribution in [2.45, 2.75) is 30.6 Å². The first-order chi connectivity index (χ1) is 13.0. The third-order valence-corrected chi connectivity index (χ3v) is 4.43. The second kappa shape index (κ2) is 8.34. The molecule has 2 rings (SSSR count). The maximum atomic E-state index is 13.3. The van der Waals surface area contributed by atoms with Gasteiger partial charge < -0.3 is 0 Å². The van der Waals surface area contributed by atoms with Gasteiger partial charge in [-0.1, -0.05) is 13.0 Å². The number of carbonyl (C=O) groups is 1. The van der Waals surface area contributed by atoms with Crippen molar-refractivity contribution < 1.29 is 40.9 Å². The summed E-state index contributed by atoms with van der Waals surface area (Å²) in [6.07, 6.45) is -8.03. The SMILES string of the molecule is CCC(=O)OOc1ccc(C(F)(F)F)cc1-c1ccc(SC)c(C(F)(F)F)c1. The number of thioether (sulfide) groups is 1. The van der Waals surface area contributed by atoms with Crippen LogP contribution in [0.25, 0.3) is 11.1 Å². The molecule has 0 saturated heterocycles. The number of carbonyl (C=O) groups excluding carboxylic acids is 1. The summed E-state index contributed by atoms with van der Waals surface area (Å²) in [5.41, 5.74) is -2.54. The molecule has 0 radical (unpaired) electrons. The summed E-state index contributed by atoms with van der Waals surface area (Å²) in [7, 11) is 0. The maximum absolute atomic E-state index is 13.3. The highest BCUT2D eigenvalue weighted by atomic mass is 32.2. The summed E-state index contributed by atoms with van der Waals surface area (Å²) < 4.78 is 79.1. The molecule has 0 aliphatic carbocycles. The molecule has 0 atom stereocenters. The van der Waals surface area contributed by atoms with Crippen LogP contribution in [0.2, 0.25) is 0 Å². The highest BCUT2D eigenvalue weighted by Gasteiger charge is 2.35. The van der Waals surface area contributed by atoms with Crippen LogP contribution in [-0.4, -0.2) is 12.2 Å². The molecule has 0 unspecified atom stereocenters. The van der Waals surface area contributed by atoms with Crippen molar-refractivity contribution in [1.82, 2.24) is 0 Å². The third kappa shape index (κ3) is 5.12. The van der Waals surface area contributed by atoms with Crippen LogP contribution in [0.5, 0.6) is 5.75 Å². The van der Waals surface area contributed by atoms with E-state index in [2.05, 4.69) is 4.89 Å². The lowest BCUT2D eigenvalue weighted by Crippen LogP contribution is -2.10. The molecule has 3 nitrogen and oxygen atoms in total. The van der Waals surface area contributed by atoms with Crippen molar-refractivity contribution in [2.24, 2.45) is 0 Å². The Morgan fingerprint density at radius 2 is 1.68 bits per heavy atom. The molecule has 0 N–H and O–H groups in total. The van der Waals surface area contributed by atoms with E-state index in [1.165, 1.54) is 19.2 Å². The van der Waals surface area contributed by atoms with Crippen molar-refractivity contribution in [3.63, 3.8) is 0 Å². The Labute approximate surface area is 160 Å². The quantitative estimate of drug-likeness (QED) is 0.242. The summed E-state index contributed by atoms with van der Waals surface area (Å²) in [6, 6.07) is 5.34. The van der Waals surface area contributed by atoms with Gasteiger partial charge in [-0.25, -0.2) is 4.79 Å². The average molecular weight is 424 g/mol. The number of hydrogen-bond acceptors (Lipinski definition) is 4. The molecule has 10 heteroatoms. The zero-order chi connectivity index (χ0) is 21.1. The van der Waals surface area contributed by atoms with Gasteiger partial charge in [-0.15, -0.1) is 11.8 Å². The van der Waals surface area contributed by atoms with Gasteiger partial charge in [-0.3, -0.25) is 9.78 Å². The molecule has 2 aromatic carbocycles. The summed E-state index contributed by atoms with van der Waals surface area (Å²) >= 11 is 0.854. The zero-order valence-electron chi connectivity index (χ0n) is 14.6. The summed E-state index contributed by atoms with van der Waals surface area (Å²) in [5.74, 6) is -1.11. The first kappa shape index (κ1) is 21.9. The van der Waals surface area contributed by atoms with Crippen LogP contribution in [0.3, 0.4) is 0 Å². The molecule has 0 bridgehead atoms. The molecule has 28 heavy (non-hydrogen) atoms. The van der Waals surface area contributed by atoms with E-state index in [1.54, 1.807) is 0 Å². The van der Waals surface area contributed by atoms with Crippen molar-refractivity contribution >= 4 is 17.7 Å². The minimum atomic E-state index is -4.72. The van der Waals surface area contributed by atoms with Crippen LogP contribution in [0.15, 0.2) is 41.3 Å². The Bertz CT molecular complexity index is 861. The average Bonchev–Trinajstić information content (AvgIpc) is 2.63. The zero-order valence-corrected chi connectivity index (χ0v) is 15.4. The van der Waals surface area contributed by atoms with Gasteiger partial charge in [0.1, 0.15) is 0 Å². The number of halogens is 6. The standard InChI is InChI=1S/C18H14F6O3S/c1-3-16(25)27-26-14-6-5-11(17(19,20)21)9-12(14)10-4-7-15(28-2)13(8-10)18(22,23)24/h4-9H,3H2,1-2H3.